The first-order valence-electron chi connectivity index (χ1n) is 8.69. The van der Waals surface area contributed by atoms with Crippen LogP contribution in [0.3, 0.4) is 0 Å². The Kier molecular flexibility index (Phi) is 5.41. The Morgan fingerprint density at radius 2 is 1.83 bits per heavy atom. The summed E-state index contributed by atoms with van der Waals surface area (Å²) in [6.45, 7) is 1.99. The third-order valence-electron chi connectivity index (χ3n) is 4.38. The summed E-state index contributed by atoms with van der Waals surface area (Å²) in [5.74, 6) is 0.503. The molecule has 2 aromatic rings. The molecule has 1 aromatic carbocycles. The maximum Gasteiger partial charge on any atom is 0.276 e. The summed E-state index contributed by atoms with van der Waals surface area (Å²) in [6.07, 6.45) is 7.53. The topological polar surface area (TPSA) is 66.9 Å². The highest BCUT2D eigenvalue weighted by Crippen LogP contribution is 2.20. The number of anilines is 2. The summed E-state index contributed by atoms with van der Waals surface area (Å²) in [7, 11) is 0. The van der Waals surface area contributed by atoms with Gasteiger partial charge in [-0.3, -0.25) is 4.79 Å². The molecule has 0 aliphatic heterocycles. The molecule has 1 heterocycles. The van der Waals surface area contributed by atoms with E-state index in [9.17, 15) is 4.79 Å². The van der Waals surface area contributed by atoms with Gasteiger partial charge in [-0.05, 0) is 49.6 Å². The molecule has 3 rings (SSSR count). The van der Waals surface area contributed by atoms with Crippen molar-refractivity contribution in [3.05, 3.63) is 47.7 Å². The third kappa shape index (κ3) is 4.54. The number of hydrogen-bond donors (Lipinski definition) is 2. The minimum atomic E-state index is -0.242. The van der Waals surface area contributed by atoms with Gasteiger partial charge in [0.05, 0.1) is 0 Å². The molecule has 1 fully saturated rings. The minimum absolute atomic E-state index is 0.242. The van der Waals surface area contributed by atoms with Gasteiger partial charge in [0, 0.05) is 11.7 Å². The lowest BCUT2D eigenvalue weighted by Crippen LogP contribution is -2.20. The molecule has 0 bridgehead atoms. The quantitative estimate of drug-likeness (QED) is 0.828. The van der Waals surface area contributed by atoms with Crippen molar-refractivity contribution >= 4 is 17.4 Å². The number of hydrogen-bond acceptors (Lipinski definition) is 4. The molecule has 1 saturated carbocycles. The van der Waals surface area contributed by atoms with Crippen LogP contribution in [0.15, 0.2) is 36.4 Å². The maximum atomic E-state index is 12.2. The lowest BCUT2D eigenvalue weighted by Gasteiger charge is -2.16. The Balaban J connectivity index is 1.60. The molecule has 0 unspecified atom stereocenters. The number of carbonyl (C=O) groups excluding carboxylic acids is 1. The Morgan fingerprint density at radius 3 is 2.50 bits per heavy atom. The number of benzene rings is 1. The second-order valence-electron chi connectivity index (χ2n) is 6.46. The molecule has 1 amide bonds. The molecule has 0 spiro atoms. The van der Waals surface area contributed by atoms with Crippen LogP contribution in [0.25, 0.3) is 0 Å². The summed E-state index contributed by atoms with van der Waals surface area (Å²) in [5.41, 5.74) is 2.19. The van der Waals surface area contributed by atoms with E-state index in [-0.39, 0.29) is 5.91 Å². The van der Waals surface area contributed by atoms with Crippen LogP contribution in [0.1, 0.15) is 54.6 Å². The normalized spacial score (nSPS) is 15.5. The Hall–Kier alpha value is -2.43. The number of rotatable bonds is 4. The predicted molar refractivity (Wildman–Crippen MR) is 96.3 cm³/mol. The third-order valence-corrected chi connectivity index (χ3v) is 4.38. The van der Waals surface area contributed by atoms with Crippen molar-refractivity contribution in [2.75, 3.05) is 10.6 Å². The smallest absolute Gasteiger partial charge is 0.276 e. The first-order chi connectivity index (χ1) is 11.7. The van der Waals surface area contributed by atoms with Crippen molar-refractivity contribution in [2.24, 2.45) is 0 Å². The average molecular weight is 324 g/mol. The molecule has 2 N–H and O–H groups in total. The summed E-state index contributed by atoms with van der Waals surface area (Å²) in [4.78, 5) is 12.2. The second kappa shape index (κ2) is 7.90. The van der Waals surface area contributed by atoms with Crippen molar-refractivity contribution in [3.8, 4) is 0 Å². The first-order valence-corrected chi connectivity index (χ1v) is 8.69. The first kappa shape index (κ1) is 16.4. The van der Waals surface area contributed by atoms with Crippen molar-refractivity contribution < 1.29 is 4.79 Å². The van der Waals surface area contributed by atoms with Crippen molar-refractivity contribution in [1.29, 1.82) is 0 Å². The van der Waals surface area contributed by atoms with E-state index in [1.54, 1.807) is 6.07 Å². The van der Waals surface area contributed by atoms with Crippen molar-refractivity contribution in [2.45, 2.75) is 51.5 Å². The van der Waals surface area contributed by atoms with Crippen LogP contribution in [0.2, 0.25) is 0 Å². The number of aromatic nitrogens is 2. The van der Waals surface area contributed by atoms with E-state index in [1.165, 1.54) is 38.5 Å². The monoisotopic (exact) mass is 324 g/mol. The number of nitrogens with zero attached hydrogens (tertiary/aromatic N) is 2. The van der Waals surface area contributed by atoms with Crippen LogP contribution in [0.5, 0.6) is 0 Å². The predicted octanol–water partition coefficient (Wildman–Crippen LogP) is 4.17. The van der Waals surface area contributed by atoms with Gasteiger partial charge in [-0.15, -0.1) is 10.2 Å². The zero-order valence-electron chi connectivity index (χ0n) is 14.1. The highest BCUT2D eigenvalue weighted by molar-refractivity contribution is 6.02. The molecule has 0 atom stereocenters. The molecule has 126 valence electrons. The molecule has 24 heavy (non-hydrogen) atoms. The van der Waals surface area contributed by atoms with Crippen LogP contribution in [-0.2, 0) is 0 Å². The van der Waals surface area contributed by atoms with Crippen LogP contribution >= 0.6 is 0 Å². The fraction of sp³-hybridized carbons (Fsp3) is 0.421. The van der Waals surface area contributed by atoms with E-state index >= 15 is 0 Å². The van der Waals surface area contributed by atoms with E-state index in [0.29, 0.717) is 11.7 Å². The molecule has 0 radical (unpaired) electrons. The Labute approximate surface area is 142 Å². The van der Waals surface area contributed by atoms with E-state index in [1.807, 2.05) is 37.3 Å². The molecule has 1 aliphatic carbocycles. The molecule has 0 saturated heterocycles. The van der Waals surface area contributed by atoms with Gasteiger partial charge in [0.2, 0.25) is 0 Å². The molecule has 1 aromatic heterocycles. The fourth-order valence-corrected chi connectivity index (χ4v) is 3.08. The van der Waals surface area contributed by atoms with E-state index < -0.39 is 0 Å². The highest BCUT2D eigenvalue weighted by atomic mass is 16.1. The van der Waals surface area contributed by atoms with E-state index in [0.717, 1.165) is 17.1 Å². The Bertz CT molecular complexity index is 676. The summed E-state index contributed by atoms with van der Waals surface area (Å²) in [5, 5.41) is 14.5. The minimum Gasteiger partial charge on any atom is -0.366 e. The van der Waals surface area contributed by atoms with Gasteiger partial charge in [0.25, 0.3) is 5.91 Å². The van der Waals surface area contributed by atoms with Gasteiger partial charge in [0.15, 0.2) is 5.69 Å². The number of nitrogens with one attached hydrogen (secondary N) is 2. The number of amides is 1. The van der Waals surface area contributed by atoms with Gasteiger partial charge in [-0.1, -0.05) is 37.8 Å². The lowest BCUT2D eigenvalue weighted by atomic mass is 10.1. The van der Waals surface area contributed by atoms with Crippen LogP contribution in [-0.4, -0.2) is 22.1 Å². The molecular weight excluding hydrogens is 300 g/mol. The molecule has 1 aliphatic rings. The van der Waals surface area contributed by atoms with E-state index in [2.05, 4.69) is 20.8 Å². The average Bonchev–Trinajstić information content (AvgIpc) is 2.84. The molecule has 5 nitrogen and oxygen atoms in total. The molecular formula is C19H24N4O. The number of carbonyl (C=O) groups is 1. The van der Waals surface area contributed by atoms with E-state index in [4.69, 9.17) is 0 Å². The molecule has 5 heteroatoms. The summed E-state index contributed by atoms with van der Waals surface area (Å²) < 4.78 is 0. The van der Waals surface area contributed by atoms with Gasteiger partial charge in [-0.25, -0.2) is 0 Å². The highest BCUT2D eigenvalue weighted by Gasteiger charge is 2.13. The van der Waals surface area contributed by atoms with Crippen molar-refractivity contribution in [3.63, 3.8) is 0 Å². The van der Waals surface area contributed by atoms with Crippen LogP contribution in [0.4, 0.5) is 11.5 Å². The largest absolute Gasteiger partial charge is 0.366 e. The fourth-order valence-electron chi connectivity index (χ4n) is 3.08. The second-order valence-corrected chi connectivity index (χ2v) is 6.46. The van der Waals surface area contributed by atoms with Crippen LogP contribution < -0.4 is 10.6 Å². The SMILES string of the molecule is Cc1cccc(NC(=O)c2ccc(NC3CCCCCC3)nn2)c1. The van der Waals surface area contributed by atoms with Crippen LogP contribution in [0, 0.1) is 6.92 Å². The van der Waals surface area contributed by atoms with Gasteiger partial charge in [-0.2, -0.15) is 0 Å². The Morgan fingerprint density at radius 1 is 1.04 bits per heavy atom. The van der Waals surface area contributed by atoms with Gasteiger partial charge in [0.1, 0.15) is 5.82 Å². The number of aryl methyl sites for hydroxylation is 1. The van der Waals surface area contributed by atoms with Gasteiger partial charge < -0.3 is 10.6 Å². The standard InChI is InChI=1S/C19H24N4O/c1-14-7-6-10-16(13-14)21-19(24)17-11-12-18(23-22-17)20-15-8-4-2-3-5-9-15/h6-7,10-13,15H,2-5,8-9H2,1H3,(H,20,23)(H,21,24). The zero-order chi connectivity index (χ0) is 16.8. The maximum absolute atomic E-state index is 12.2. The summed E-state index contributed by atoms with van der Waals surface area (Å²) in [6, 6.07) is 11.7. The zero-order valence-corrected chi connectivity index (χ0v) is 14.1. The lowest BCUT2D eigenvalue weighted by molar-refractivity contribution is 0.102. The summed E-state index contributed by atoms with van der Waals surface area (Å²) >= 11 is 0. The van der Waals surface area contributed by atoms with Crippen molar-refractivity contribution in [1.82, 2.24) is 10.2 Å². The van der Waals surface area contributed by atoms with Gasteiger partial charge >= 0.3 is 0 Å².